The van der Waals surface area contributed by atoms with Crippen molar-refractivity contribution in [2.75, 3.05) is 46.0 Å². The van der Waals surface area contributed by atoms with Gasteiger partial charge in [0.1, 0.15) is 34.7 Å². The molecule has 2 saturated heterocycles. The van der Waals surface area contributed by atoms with E-state index in [0.29, 0.717) is 57.3 Å². The van der Waals surface area contributed by atoms with E-state index in [-0.39, 0.29) is 25.8 Å². The number of carbonyl (C=O) groups excluding carboxylic acids is 3. The molecular formula is C43H58N6O10S. The summed E-state index contributed by atoms with van der Waals surface area (Å²) in [6.45, 7) is 8.44. The molecule has 0 radical (unpaired) electrons. The van der Waals surface area contributed by atoms with Crippen molar-refractivity contribution in [3.63, 3.8) is 0 Å². The van der Waals surface area contributed by atoms with E-state index in [0.717, 1.165) is 80.0 Å². The number of hydrogen-bond acceptors (Lipinski definition) is 11. The molecule has 1 aromatic heterocycles. The van der Waals surface area contributed by atoms with Gasteiger partial charge in [-0.3, -0.25) is 24.0 Å². The van der Waals surface area contributed by atoms with Crippen LogP contribution in [0.5, 0.6) is 11.5 Å². The van der Waals surface area contributed by atoms with Gasteiger partial charge in [-0.2, -0.15) is 0 Å². The second-order valence-corrected chi connectivity index (χ2v) is 19.9. The summed E-state index contributed by atoms with van der Waals surface area (Å²) < 4.78 is 46.4. The Labute approximate surface area is 351 Å². The third-order valence-electron chi connectivity index (χ3n) is 13.5. The van der Waals surface area contributed by atoms with Crippen LogP contribution in [0.4, 0.5) is 4.79 Å². The van der Waals surface area contributed by atoms with Crippen LogP contribution in [0.3, 0.4) is 0 Å². The molecule has 1 aromatic carbocycles. The number of morpholine rings is 1. The van der Waals surface area contributed by atoms with Crippen LogP contribution >= 0.6 is 0 Å². The van der Waals surface area contributed by atoms with Crippen LogP contribution < -0.4 is 24.8 Å². The van der Waals surface area contributed by atoms with Gasteiger partial charge in [-0.15, -0.1) is 0 Å². The van der Waals surface area contributed by atoms with Crippen LogP contribution in [0.1, 0.15) is 95.7 Å². The Bertz CT molecular complexity index is 2160. The third kappa shape index (κ3) is 8.53. The zero-order valence-corrected chi connectivity index (χ0v) is 35.4. The summed E-state index contributed by atoms with van der Waals surface area (Å²) in [6, 6.07) is 3.66. The predicted molar refractivity (Wildman–Crippen MR) is 221 cm³/mol. The number of carbonyl (C=O) groups is 4. The zero-order chi connectivity index (χ0) is 42.3. The molecule has 4 fully saturated rings. The normalized spacial score (nSPS) is 29.2. The lowest BCUT2D eigenvalue weighted by Crippen LogP contribution is -2.58. The summed E-state index contributed by atoms with van der Waals surface area (Å²) in [5.74, 6) is -1.07. The number of hydrogen-bond donors (Lipinski definition) is 4. The number of rotatable bonds is 10. The van der Waals surface area contributed by atoms with E-state index < -0.39 is 67.7 Å². The third-order valence-corrected chi connectivity index (χ3v) is 15.6. The number of aromatic nitrogens is 1. The summed E-state index contributed by atoms with van der Waals surface area (Å²) in [5.41, 5.74) is -0.0263. The number of benzene rings is 1. The first kappa shape index (κ1) is 42.2. The Morgan fingerprint density at radius 3 is 2.65 bits per heavy atom. The number of allylic oxidation sites excluding steroid dienone is 1. The van der Waals surface area contributed by atoms with Crippen molar-refractivity contribution < 1.29 is 46.9 Å². The van der Waals surface area contributed by atoms with E-state index in [9.17, 15) is 32.7 Å². The predicted octanol–water partition coefficient (Wildman–Crippen LogP) is 3.59. The molecule has 1 spiro atoms. The maximum Gasteiger partial charge on any atom is 0.405 e. The topological polar surface area (TPSA) is 206 Å². The number of aryl methyl sites for hydroxylation is 2. The van der Waals surface area contributed by atoms with Gasteiger partial charge >= 0.3 is 6.09 Å². The van der Waals surface area contributed by atoms with Crippen LogP contribution in [0, 0.1) is 5.92 Å². The van der Waals surface area contributed by atoms with Gasteiger partial charge < -0.3 is 34.9 Å². The van der Waals surface area contributed by atoms with Gasteiger partial charge in [0.2, 0.25) is 21.8 Å². The van der Waals surface area contributed by atoms with Crippen LogP contribution in [0.15, 0.2) is 30.4 Å². The molecule has 2 saturated carbocycles. The maximum atomic E-state index is 14.6. The molecule has 16 nitrogen and oxygen atoms in total. The van der Waals surface area contributed by atoms with E-state index in [1.54, 1.807) is 6.92 Å². The number of pyridine rings is 1. The number of sulfonamides is 1. The Kier molecular flexibility index (Phi) is 11.8. The number of fused-ring (bicyclic) bond motifs is 5. The van der Waals surface area contributed by atoms with Gasteiger partial charge in [-0.25, -0.2) is 18.2 Å². The van der Waals surface area contributed by atoms with E-state index in [1.165, 1.54) is 4.90 Å². The van der Waals surface area contributed by atoms with Crippen molar-refractivity contribution >= 4 is 44.7 Å². The van der Waals surface area contributed by atoms with Crippen molar-refractivity contribution in [3.8, 4) is 11.5 Å². The maximum absolute atomic E-state index is 14.6. The number of ether oxygens (including phenoxy) is 3. The molecule has 4 N–H and O–H groups in total. The van der Waals surface area contributed by atoms with Gasteiger partial charge in [0.25, 0.3) is 5.91 Å². The van der Waals surface area contributed by atoms with Gasteiger partial charge in [-0.05, 0) is 89.3 Å². The highest BCUT2D eigenvalue weighted by Crippen LogP contribution is 2.49. The lowest BCUT2D eigenvalue weighted by atomic mass is 9.87. The fourth-order valence-corrected chi connectivity index (χ4v) is 10.7. The Hall–Kier alpha value is -4.48. The lowest BCUT2D eigenvalue weighted by Gasteiger charge is -2.37. The minimum absolute atomic E-state index is 0.00387. The van der Waals surface area contributed by atoms with Gasteiger partial charge in [0.15, 0.2) is 0 Å². The van der Waals surface area contributed by atoms with Crippen molar-refractivity contribution in [1.82, 2.24) is 30.1 Å². The first-order valence-electron chi connectivity index (χ1n) is 21.7. The van der Waals surface area contributed by atoms with Crippen LogP contribution in [-0.4, -0.2) is 126 Å². The second-order valence-electron chi connectivity index (χ2n) is 17.7. The number of nitrogens with one attached hydrogen (secondary N) is 3. The highest BCUT2D eigenvalue weighted by atomic mass is 32.2. The summed E-state index contributed by atoms with van der Waals surface area (Å²) in [4.78, 5) is 63.9. The summed E-state index contributed by atoms with van der Waals surface area (Å²) in [6.07, 6.45) is 9.06. The minimum atomic E-state index is -4.00. The van der Waals surface area contributed by atoms with Gasteiger partial charge in [0, 0.05) is 42.9 Å². The fraction of sp³-hybridized carbons (Fsp3) is 0.651. The Balaban J connectivity index is 1.07. The number of amides is 4. The molecule has 4 amide bonds. The molecule has 17 heteroatoms. The van der Waals surface area contributed by atoms with E-state index in [2.05, 4.69) is 20.3 Å². The first-order valence-corrected chi connectivity index (χ1v) is 23.2. The lowest BCUT2D eigenvalue weighted by molar-refractivity contribution is -0.141. The molecular weight excluding hydrogens is 793 g/mol. The minimum Gasteiger partial charge on any atom is -0.494 e. The molecule has 4 aliphatic heterocycles. The van der Waals surface area contributed by atoms with Gasteiger partial charge in [-0.1, -0.05) is 31.9 Å². The number of nitrogens with zero attached hydrogens (tertiary/aromatic N) is 3. The molecule has 6 aliphatic rings. The largest absolute Gasteiger partial charge is 0.494 e. The quantitative estimate of drug-likeness (QED) is 0.200. The van der Waals surface area contributed by atoms with Crippen molar-refractivity contribution in [3.05, 3.63) is 41.6 Å². The van der Waals surface area contributed by atoms with Crippen LogP contribution in [0.2, 0.25) is 0 Å². The van der Waals surface area contributed by atoms with E-state index in [4.69, 9.17) is 19.2 Å². The molecule has 0 bridgehead atoms. The van der Waals surface area contributed by atoms with E-state index in [1.807, 2.05) is 37.3 Å². The summed E-state index contributed by atoms with van der Waals surface area (Å²) in [7, 11) is -4.00. The molecule has 8 rings (SSSR count). The monoisotopic (exact) mass is 850 g/mol. The second kappa shape index (κ2) is 16.8. The molecule has 60 heavy (non-hydrogen) atoms. The van der Waals surface area contributed by atoms with Crippen molar-refractivity contribution in [1.29, 1.82) is 0 Å². The summed E-state index contributed by atoms with van der Waals surface area (Å²) in [5, 5.41) is 16.0. The summed E-state index contributed by atoms with van der Waals surface area (Å²) >= 11 is 0. The van der Waals surface area contributed by atoms with Crippen LogP contribution in [-0.2, 0) is 42.0 Å². The van der Waals surface area contributed by atoms with Crippen molar-refractivity contribution in [2.45, 2.75) is 125 Å². The van der Waals surface area contributed by atoms with Gasteiger partial charge in [0.05, 0.1) is 42.3 Å². The van der Waals surface area contributed by atoms with E-state index >= 15 is 0 Å². The fourth-order valence-electron chi connectivity index (χ4n) is 9.36. The zero-order valence-electron chi connectivity index (χ0n) is 34.6. The Morgan fingerprint density at radius 2 is 1.90 bits per heavy atom. The smallest absolute Gasteiger partial charge is 0.405 e. The highest BCUT2D eigenvalue weighted by molar-refractivity contribution is 7.91. The average Bonchev–Trinajstić information content (AvgIpc) is 4.12. The average molecular weight is 851 g/mol. The molecule has 2 aromatic rings. The standard InChI is InChI=1S/C43H58N6O10S/c1-3-32-36-30(31-24-29(12-13-33(31)44-32)58-21-9-18-48-19-22-57-23-20-48)14-15-42(59-36)26-35-37(50)46-43(39(52)47-60(55,56)41(2)16-17-41)25-28(43)10-7-5-4-6-8-11-34(45-40(53)54)38(51)49(35)27-42/h7,10,12-13,24,28,34-35,45H,3-6,8-9,11,14-23,25-27H2,1-2H3,(H,46,50)(H,47,52)(H,53,54)/t28-,34+,35+,42-,43-/m1/s1. The van der Waals surface area contributed by atoms with Crippen molar-refractivity contribution in [2.24, 2.45) is 5.92 Å². The first-order chi connectivity index (χ1) is 28.8. The molecule has 0 unspecified atom stereocenters. The molecule has 5 atom stereocenters. The SMILES string of the molecule is CCc1nc2ccc(OCCCN3CCOCC3)cc2c2c1O[C@]1(CC2)C[C@H]2C(=O)N[C@]3(C(=O)NS(=O)(=O)C4(C)CC4)C[C@H]3C=CCCCCC[C@H](NC(=O)O)C(=O)N2C1. The number of carboxylic acid groups (broad SMARTS) is 1. The Morgan fingerprint density at radius 1 is 1.10 bits per heavy atom. The molecule has 2 aliphatic carbocycles. The van der Waals surface area contributed by atoms with Crippen LogP contribution in [0.25, 0.3) is 10.9 Å². The molecule has 5 heterocycles. The molecule has 326 valence electrons. The highest BCUT2D eigenvalue weighted by Gasteiger charge is 2.64.